The SMILES string of the molecule is CCN(CC)CCCn1c(COc2cccc3ccccc23)nc2ccc(Cl)cc21. The Balaban J connectivity index is 1.59. The Bertz CT molecular complexity index is 1130. The zero-order chi connectivity index (χ0) is 20.9. The number of nitrogens with zero attached hydrogens (tertiary/aromatic N) is 3. The molecule has 4 rings (SSSR count). The van der Waals surface area contributed by atoms with E-state index < -0.39 is 0 Å². The first-order chi connectivity index (χ1) is 14.7. The summed E-state index contributed by atoms with van der Waals surface area (Å²) in [6.07, 6.45) is 1.06. The predicted octanol–water partition coefficient (Wildman–Crippen LogP) is 6.15. The number of hydrogen-bond acceptors (Lipinski definition) is 3. The monoisotopic (exact) mass is 421 g/mol. The molecule has 30 heavy (non-hydrogen) atoms. The highest BCUT2D eigenvalue weighted by Crippen LogP contribution is 2.27. The number of aryl methyl sites for hydroxylation is 1. The molecule has 0 aliphatic rings. The summed E-state index contributed by atoms with van der Waals surface area (Å²) in [5.41, 5.74) is 2.03. The molecule has 0 unspecified atom stereocenters. The van der Waals surface area contributed by atoms with Crippen LogP contribution in [0.4, 0.5) is 0 Å². The lowest BCUT2D eigenvalue weighted by Crippen LogP contribution is -2.25. The lowest BCUT2D eigenvalue weighted by Gasteiger charge is -2.18. The number of rotatable bonds is 9. The molecule has 1 heterocycles. The second kappa shape index (κ2) is 9.50. The number of hydrogen-bond donors (Lipinski definition) is 0. The molecule has 156 valence electrons. The second-order valence-electron chi connectivity index (χ2n) is 7.46. The third-order valence-electron chi connectivity index (χ3n) is 5.65. The van der Waals surface area contributed by atoms with Crippen LogP contribution < -0.4 is 4.74 Å². The van der Waals surface area contributed by atoms with Crippen molar-refractivity contribution in [2.24, 2.45) is 0 Å². The molecule has 0 saturated carbocycles. The molecule has 0 atom stereocenters. The standard InChI is InChI=1S/C25H28ClN3O/c1-3-28(4-2)15-8-16-29-23-17-20(26)13-14-22(23)27-25(29)18-30-24-12-7-10-19-9-5-6-11-21(19)24/h5-7,9-14,17H,3-4,8,15-16,18H2,1-2H3. The molecule has 0 fully saturated rings. The molecule has 4 nitrogen and oxygen atoms in total. The summed E-state index contributed by atoms with van der Waals surface area (Å²) >= 11 is 6.29. The fourth-order valence-corrected chi connectivity index (χ4v) is 4.13. The number of aromatic nitrogens is 2. The van der Waals surface area contributed by atoms with Crippen molar-refractivity contribution >= 4 is 33.4 Å². The third-order valence-corrected chi connectivity index (χ3v) is 5.88. The maximum Gasteiger partial charge on any atom is 0.147 e. The van der Waals surface area contributed by atoms with Gasteiger partial charge in [0, 0.05) is 17.0 Å². The molecule has 3 aromatic carbocycles. The van der Waals surface area contributed by atoms with Gasteiger partial charge in [-0.05, 0) is 55.7 Å². The van der Waals surface area contributed by atoms with Gasteiger partial charge in [-0.2, -0.15) is 0 Å². The Labute approximate surface area is 183 Å². The van der Waals surface area contributed by atoms with Crippen LogP contribution in [0.15, 0.2) is 60.7 Å². The zero-order valence-corrected chi connectivity index (χ0v) is 18.4. The van der Waals surface area contributed by atoms with Gasteiger partial charge in [0.15, 0.2) is 0 Å². The summed E-state index contributed by atoms with van der Waals surface area (Å²) in [6.45, 7) is 8.94. The first-order valence-corrected chi connectivity index (χ1v) is 11.0. The van der Waals surface area contributed by atoms with Gasteiger partial charge in [0.1, 0.15) is 18.2 Å². The van der Waals surface area contributed by atoms with E-state index in [4.69, 9.17) is 21.3 Å². The fraction of sp³-hybridized carbons (Fsp3) is 0.320. The van der Waals surface area contributed by atoms with E-state index in [-0.39, 0.29) is 0 Å². The topological polar surface area (TPSA) is 30.3 Å². The van der Waals surface area contributed by atoms with Crippen LogP contribution in [-0.4, -0.2) is 34.1 Å². The summed E-state index contributed by atoms with van der Waals surface area (Å²) in [5, 5.41) is 3.02. The number of benzene rings is 3. The minimum Gasteiger partial charge on any atom is -0.485 e. The first-order valence-electron chi connectivity index (χ1n) is 10.7. The molecule has 0 N–H and O–H groups in total. The highest BCUT2D eigenvalue weighted by atomic mass is 35.5. The van der Waals surface area contributed by atoms with Crippen molar-refractivity contribution in [3.8, 4) is 5.75 Å². The normalized spacial score (nSPS) is 11.6. The van der Waals surface area contributed by atoms with Gasteiger partial charge in [-0.15, -0.1) is 0 Å². The molecule has 5 heteroatoms. The van der Waals surface area contributed by atoms with Gasteiger partial charge in [-0.3, -0.25) is 0 Å². The highest BCUT2D eigenvalue weighted by Gasteiger charge is 2.13. The largest absolute Gasteiger partial charge is 0.485 e. The first kappa shape index (κ1) is 20.7. The predicted molar refractivity (Wildman–Crippen MR) is 125 cm³/mol. The Morgan fingerprint density at radius 3 is 2.63 bits per heavy atom. The van der Waals surface area contributed by atoms with Crippen LogP contribution in [-0.2, 0) is 13.2 Å². The minimum atomic E-state index is 0.422. The van der Waals surface area contributed by atoms with E-state index in [1.807, 2.05) is 42.5 Å². The Kier molecular flexibility index (Phi) is 6.56. The summed E-state index contributed by atoms with van der Waals surface area (Å²) in [5.74, 6) is 1.81. The van der Waals surface area contributed by atoms with Crippen molar-refractivity contribution in [3.05, 3.63) is 71.5 Å². The molecule has 4 aromatic rings. The third kappa shape index (κ3) is 4.45. The molecule has 0 amide bonds. The molecular formula is C25H28ClN3O. The van der Waals surface area contributed by atoms with Gasteiger partial charge in [0.25, 0.3) is 0 Å². The number of halogens is 1. The Hall–Kier alpha value is -2.56. The van der Waals surface area contributed by atoms with E-state index in [1.54, 1.807) is 0 Å². The van der Waals surface area contributed by atoms with Gasteiger partial charge in [-0.1, -0.05) is 61.8 Å². The fourth-order valence-electron chi connectivity index (χ4n) is 3.96. The lowest BCUT2D eigenvalue weighted by molar-refractivity contribution is 0.280. The van der Waals surface area contributed by atoms with Gasteiger partial charge < -0.3 is 14.2 Å². The van der Waals surface area contributed by atoms with Crippen molar-refractivity contribution in [2.45, 2.75) is 33.4 Å². The number of ether oxygens (including phenoxy) is 1. The van der Waals surface area contributed by atoms with Gasteiger partial charge in [0.05, 0.1) is 11.0 Å². The maximum absolute atomic E-state index is 6.29. The molecular weight excluding hydrogens is 394 g/mol. The summed E-state index contributed by atoms with van der Waals surface area (Å²) < 4.78 is 8.51. The molecule has 1 aromatic heterocycles. The molecule has 0 radical (unpaired) electrons. The van der Waals surface area contributed by atoms with Crippen molar-refractivity contribution < 1.29 is 4.74 Å². The van der Waals surface area contributed by atoms with Crippen molar-refractivity contribution in [1.82, 2.24) is 14.5 Å². The van der Waals surface area contributed by atoms with Gasteiger partial charge in [0.2, 0.25) is 0 Å². The van der Waals surface area contributed by atoms with Crippen LogP contribution in [0.3, 0.4) is 0 Å². The van der Waals surface area contributed by atoms with Crippen LogP contribution in [0.5, 0.6) is 5.75 Å². The minimum absolute atomic E-state index is 0.422. The van der Waals surface area contributed by atoms with Crippen LogP contribution >= 0.6 is 11.6 Å². The summed E-state index contributed by atoms with van der Waals surface area (Å²) in [4.78, 5) is 7.30. The average molecular weight is 422 g/mol. The molecule has 0 spiro atoms. The quantitative estimate of drug-likeness (QED) is 0.324. The number of fused-ring (bicyclic) bond motifs is 2. The van der Waals surface area contributed by atoms with E-state index in [1.165, 1.54) is 5.39 Å². The van der Waals surface area contributed by atoms with E-state index >= 15 is 0 Å². The van der Waals surface area contributed by atoms with Crippen molar-refractivity contribution in [1.29, 1.82) is 0 Å². The van der Waals surface area contributed by atoms with Crippen LogP contribution in [0, 0.1) is 0 Å². The molecule has 0 bridgehead atoms. The van der Waals surface area contributed by atoms with E-state index in [2.05, 4.69) is 41.5 Å². The smallest absolute Gasteiger partial charge is 0.147 e. The Morgan fingerprint density at radius 1 is 1.00 bits per heavy atom. The lowest BCUT2D eigenvalue weighted by atomic mass is 10.1. The summed E-state index contributed by atoms with van der Waals surface area (Å²) in [6, 6.07) is 20.3. The van der Waals surface area contributed by atoms with Crippen molar-refractivity contribution in [2.75, 3.05) is 19.6 Å². The van der Waals surface area contributed by atoms with E-state index in [0.29, 0.717) is 6.61 Å². The summed E-state index contributed by atoms with van der Waals surface area (Å²) in [7, 11) is 0. The van der Waals surface area contributed by atoms with Gasteiger partial charge in [-0.25, -0.2) is 4.98 Å². The second-order valence-corrected chi connectivity index (χ2v) is 7.90. The molecule has 0 saturated heterocycles. The Morgan fingerprint density at radius 2 is 1.80 bits per heavy atom. The van der Waals surface area contributed by atoms with Crippen LogP contribution in [0.1, 0.15) is 26.1 Å². The van der Waals surface area contributed by atoms with E-state index in [9.17, 15) is 0 Å². The molecule has 0 aliphatic carbocycles. The number of imidazole rings is 1. The maximum atomic E-state index is 6.29. The van der Waals surface area contributed by atoms with Crippen LogP contribution in [0.2, 0.25) is 5.02 Å². The van der Waals surface area contributed by atoms with Crippen LogP contribution in [0.25, 0.3) is 21.8 Å². The molecule has 0 aliphatic heterocycles. The highest BCUT2D eigenvalue weighted by molar-refractivity contribution is 6.31. The van der Waals surface area contributed by atoms with Gasteiger partial charge >= 0.3 is 0 Å². The van der Waals surface area contributed by atoms with E-state index in [0.717, 1.165) is 65.6 Å². The zero-order valence-electron chi connectivity index (χ0n) is 17.6. The van der Waals surface area contributed by atoms with Crippen molar-refractivity contribution in [3.63, 3.8) is 0 Å². The average Bonchev–Trinajstić information content (AvgIpc) is 3.12.